The number of carbonyl (C=O) groups is 1. The van der Waals surface area contributed by atoms with E-state index in [-0.39, 0.29) is 11.9 Å². The summed E-state index contributed by atoms with van der Waals surface area (Å²) in [6.07, 6.45) is 1.81. The van der Waals surface area contributed by atoms with E-state index in [0.717, 1.165) is 38.2 Å². The molecule has 0 saturated carbocycles. The Morgan fingerprint density at radius 1 is 1.33 bits per heavy atom. The number of likely N-dealkylation sites (N-methyl/N-ethyl adjacent to an activating group) is 1. The molecule has 1 atom stereocenters. The molecule has 0 spiro atoms. The first-order valence-corrected chi connectivity index (χ1v) is 8.07. The molecule has 5 heteroatoms. The zero-order chi connectivity index (χ0) is 15.8. The number of pyridine rings is 1. The maximum atomic E-state index is 12.3. The van der Waals surface area contributed by atoms with Gasteiger partial charge in [-0.15, -0.1) is 0 Å². The van der Waals surface area contributed by atoms with Crippen molar-refractivity contribution in [2.75, 3.05) is 19.6 Å². The molecule has 1 amide bonds. The van der Waals surface area contributed by atoms with E-state index in [4.69, 9.17) is 11.6 Å². The van der Waals surface area contributed by atoms with E-state index >= 15 is 0 Å². The van der Waals surface area contributed by atoms with Crippen LogP contribution in [-0.2, 0) is 6.42 Å². The van der Waals surface area contributed by atoms with Crippen molar-refractivity contribution in [3.05, 3.63) is 28.5 Å². The SMILES string of the molecule is CCCc1cc(C(=O)NC(C)CN(CC)CC)cc(Cl)n1. The van der Waals surface area contributed by atoms with Crippen LogP contribution in [0.3, 0.4) is 0 Å². The average Bonchev–Trinajstić information content (AvgIpc) is 2.44. The molecule has 1 N–H and O–H groups in total. The topological polar surface area (TPSA) is 45.2 Å². The van der Waals surface area contributed by atoms with Gasteiger partial charge in [0.15, 0.2) is 0 Å². The molecule has 1 aromatic heterocycles. The summed E-state index contributed by atoms with van der Waals surface area (Å²) in [4.78, 5) is 18.8. The van der Waals surface area contributed by atoms with Crippen LogP contribution < -0.4 is 5.32 Å². The average molecular weight is 312 g/mol. The van der Waals surface area contributed by atoms with Gasteiger partial charge in [0.1, 0.15) is 5.15 Å². The number of hydrogen-bond acceptors (Lipinski definition) is 3. The minimum atomic E-state index is -0.0868. The van der Waals surface area contributed by atoms with Gasteiger partial charge in [-0.05, 0) is 38.6 Å². The second kappa shape index (κ2) is 9.00. The highest BCUT2D eigenvalue weighted by molar-refractivity contribution is 6.29. The molecule has 0 aliphatic heterocycles. The number of carbonyl (C=O) groups excluding carboxylic acids is 1. The number of aryl methyl sites for hydroxylation is 1. The summed E-state index contributed by atoms with van der Waals surface area (Å²) < 4.78 is 0. The minimum Gasteiger partial charge on any atom is -0.348 e. The van der Waals surface area contributed by atoms with Crippen LogP contribution in [0.25, 0.3) is 0 Å². The highest BCUT2D eigenvalue weighted by Crippen LogP contribution is 2.12. The quantitative estimate of drug-likeness (QED) is 0.750. The fourth-order valence-electron chi connectivity index (χ4n) is 2.29. The van der Waals surface area contributed by atoms with Crippen LogP contribution in [0.1, 0.15) is 50.2 Å². The van der Waals surface area contributed by atoms with E-state index in [1.165, 1.54) is 0 Å². The molecule has 21 heavy (non-hydrogen) atoms. The molecule has 0 aliphatic carbocycles. The standard InChI is InChI=1S/C16H26ClN3O/c1-5-8-14-9-13(10-15(17)19-14)16(21)18-12(4)11-20(6-2)7-3/h9-10,12H,5-8,11H2,1-4H3,(H,18,21). The molecule has 1 rings (SSSR count). The van der Waals surface area contributed by atoms with E-state index in [1.54, 1.807) is 6.07 Å². The van der Waals surface area contributed by atoms with Gasteiger partial charge in [-0.25, -0.2) is 4.98 Å². The highest BCUT2D eigenvalue weighted by atomic mass is 35.5. The smallest absolute Gasteiger partial charge is 0.251 e. The maximum Gasteiger partial charge on any atom is 0.251 e. The molecular weight excluding hydrogens is 286 g/mol. The fourth-order valence-corrected chi connectivity index (χ4v) is 2.51. The van der Waals surface area contributed by atoms with Crippen LogP contribution in [0.2, 0.25) is 5.15 Å². The molecule has 1 unspecified atom stereocenters. The molecule has 0 radical (unpaired) electrons. The Bertz CT molecular complexity index is 461. The van der Waals surface area contributed by atoms with Crippen molar-refractivity contribution >= 4 is 17.5 Å². The lowest BCUT2D eigenvalue weighted by molar-refractivity contribution is 0.0930. The van der Waals surface area contributed by atoms with Crippen molar-refractivity contribution in [2.45, 2.75) is 46.6 Å². The van der Waals surface area contributed by atoms with Gasteiger partial charge in [-0.3, -0.25) is 4.79 Å². The zero-order valence-electron chi connectivity index (χ0n) is 13.4. The minimum absolute atomic E-state index is 0.0868. The van der Waals surface area contributed by atoms with E-state index in [9.17, 15) is 4.79 Å². The Morgan fingerprint density at radius 3 is 2.57 bits per heavy atom. The number of halogens is 1. The van der Waals surface area contributed by atoms with Crippen molar-refractivity contribution in [3.8, 4) is 0 Å². The van der Waals surface area contributed by atoms with Crippen LogP contribution >= 0.6 is 11.6 Å². The molecule has 1 heterocycles. The van der Waals surface area contributed by atoms with Gasteiger partial charge in [0.2, 0.25) is 0 Å². The Hall–Kier alpha value is -1.13. The molecule has 0 saturated heterocycles. The summed E-state index contributed by atoms with van der Waals surface area (Å²) in [6, 6.07) is 3.55. The van der Waals surface area contributed by atoms with Gasteiger partial charge in [-0.2, -0.15) is 0 Å². The van der Waals surface area contributed by atoms with Crippen molar-refractivity contribution in [2.24, 2.45) is 0 Å². The van der Waals surface area contributed by atoms with Crippen LogP contribution in [0, 0.1) is 0 Å². The number of nitrogens with zero attached hydrogens (tertiary/aromatic N) is 2. The number of aromatic nitrogens is 1. The number of amides is 1. The van der Waals surface area contributed by atoms with E-state index in [1.807, 2.05) is 13.0 Å². The molecular formula is C16H26ClN3O. The number of rotatable bonds is 8. The molecule has 0 aromatic carbocycles. The summed E-state index contributed by atoms with van der Waals surface area (Å²) in [5, 5.41) is 3.40. The third-order valence-corrected chi connectivity index (χ3v) is 3.61. The van der Waals surface area contributed by atoms with E-state index in [2.05, 4.69) is 36.0 Å². The molecule has 0 bridgehead atoms. The second-order valence-corrected chi connectivity index (χ2v) is 5.67. The fraction of sp³-hybridized carbons (Fsp3) is 0.625. The summed E-state index contributed by atoms with van der Waals surface area (Å²) in [6.45, 7) is 11.2. The number of nitrogens with one attached hydrogen (secondary N) is 1. The predicted molar refractivity (Wildman–Crippen MR) is 88.0 cm³/mol. The normalized spacial score (nSPS) is 12.5. The van der Waals surface area contributed by atoms with Gasteiger partial charge in [0.25, 0.3) is 5.91 Å². The van der Waals surface area contributed by atoms with E-state index < -0.39 is 0 Å². The van der Waals surface area contributed by atoms with Crippen molar-refractivity contribution in [3.63, 3.8) is 0 Å². The third-order valence-electron chi connectivity index (χ3n) is 3.42. The Balaban J connectivity index is 2.70. The monoisotopic (exact) mass is 311 g/mol. The molecule has 118 valence electrons. The van der Waals surface area contributed by atoms with E-state index in [0.29, 0.717) is 10.7 Å². The molecule has 0 aliphatic rings. The van der Waals surface area contributed by atoms with Crippen LogP contribution in [0.15, 0.2) is 12.1 Å². The summed E-state index contributed by atoms with van der Waals surface area (Å²) in [5.74, 6) is -0.0868. The maximum absolute atomic E-state index is 12.3. The lowest BCUT2D eigenvalue weighted by Gasteiger charge is -2.23. The lowest BCUT2D eigenvalue weighted by atomic mass is 10.1. The van der Waals surface area contributed by atoms with Crippen LogP contribution in [-0.4, -0.2) is 41.5 Å². The van der Waals surface area contributed by atoms with Gasteiger partial charge >= 0.3 is 0 Å². The Labute approximate surface area is 132 Å². The lowest BCUT2D eigenvalue weighted by Crippen LogP contribution is -2.42. The van der Waals surface area contributed by atoms with Crippen molar-refractivity contribution in [1.29, 1.82) is 0 Å². The van der Waals surface area contributed by atoms with Crippen molar-refractivity contribution < 1.29 is 4.79 Å². The molecule has 4 nitrogen and oxygen atoms in total. The molecule has 0 fully saturated rings. The Morgan fingerprint density at radius 2 is 2.00 bits per heavy atom. The van der Waals surface area contributed by atoms with Crippen molar-refractivity contribution in [1.82, 2.24) is 15.2 Å². The summed E-state index contributed by atoms with van der Waals surface area (Å²) >= 11 is 6.00. The third kappa shape index (κ3) is 6.02. The molecule has 1 aromatic rings. The first-order valence-electron chi connectivity index (χ1n) is 7.69. The predicted octanol–water partition coefficient (Wildman–Crippen LogP) is 3.15. The van der Waals surface area contributed by atoms with Gasteiger partial charge < -0.3 is 10.2 Å². The van der Waals surface area contributed by atoms with Gasteiger partial charge in [-0.1, -0.05) is 38.8 Å². The van der Waals surface area contributed by atoms with Gasteiger partial charge in [0, 0.05) is 23.8 Å². The summed E-state index contributed by atoms with van der Waals surface area (Å²) in [7, 11) is 0. The van der Waals surface area contributed by atoms with Crippen LogP contribution in [0.4, 0.5) is 0 Å². The first-order chi connectivity index (χ1) is 9.99. The first kappa shape index (κ1) is 17.9. The zero-order valence-corrected chi connectivity index (χ0v) is 14.2. The Kier molecular flexibility index (Phi) is 7.68. The summed E-state index contributed by atoms with van der Waals surface area (Å²) in [5.41, 5.74) is 1.45. The van der Waals surface area contributed by atoms with Crippen LogP contribution in [0.5, 0.6) is 0 Å². The number of hydrogen-bond donors (Lipinski definition) is 1. The second-order valence-electron chi connectivity index (χ2n) is 5.28. The van der Waals surface area contributed by atoms with Gasteiger partial charge in [0.05, 0.1) is 0 Å². The highest BCUT2D eigenvalue weighted by Gasteiger charge is 2.13. The largest absolute Gasteiger partial charge is 0.348 e.